The van der Waals surface area contributed by atoms with E-state index in [1.807, 2.05) is 7.05 Å². The first-order valence-electron chi connectivity index (χ1n) is 3.46. The Balaban J connectivity index is 0.000000810. The SMILES string of the molecule is CNCCCC1(C)NN1.[HH]. The summed E-state index contributed by atoms with van der Waals surface area (Å²) in [6.07, 6.45) is 2.43. The second-order valence-corrected chi connectivity index (χ2v) is 2.79. The lowest BCUT2D eigenvalue weighted by Gasteiger charge is -2.02. The van der Waals surface area contributed by atoms with Gasteiger partial charge in [0.1, 0.15) is 0 Å². The number of hydrogen-bond donors (Lipinski definition) is 3. The summed E-state index contributed by atoms with van der Waals surface area (Å²) < 4.78 is 0. The number of rotatable bonds is 4. The quantitative estimate of drug-likeness (QED) is 0.373. The smallest absolute Gasteiger partial charge is 0.0916 e. The van der Waals surface area contributed by atoms with E-state index in [4.69, 9.17) is 0 Å². The molecule has 0 saturated carbocycles. The van der Waals surface area contributed by atoms with Crippen LogP contribution >= 0.6 is 0 Å². The number of nitrogens with one attached hydrogen (secondary N) is 3. The van der Waals surface area contributed by atoms with Crippen LogP contribution in [-0.2, 0) is 0 Å². The van der Waals surface area contributed by atoms with Crippen LogP contribution in [0.15, 0.2) is 0 Å². The lowest BCUT2D eigenvalue weighted by Crippen LogP contribution is -2.15. The molecule has 1 heterocycles. The van der Waals surface area contributed by atoms with Gasteiger partial charge in [-0.25, -0.2) is 10.9 Å². The van der Waals surface area contributed by atoms with Crippen molar-refractivity contribution in [1.29, 1.82) is 0 Å². The number of hydrazine groups is 1. The molecular weight excluding hydrogens is 114 g/mol. The third kappa shape index (κ3) is 2.30. The fourth-order valence-electron chi connectivity index (χ4n) is 0.850. The molecular formula is C6H17N3. The largest absolute Gasteiger partial charge is 0.320 e. The molecule has 0 radical (unpaired) electrons. The molecule has 0 spiro atoms. The Kier molecular flexibility index (Phi) is 2.05. The van der Waals surface area contributed by atoms with Gasteiger partial charge in [0, 0.05) is 1.43 Å². The molecule has 1 fully saturated rings. The van der Waals surface area contributed by atoms with E-state index in [-0.39, 0.29) is 7.09 Å². The molecule has 3 heteroatoms. The maximum absolute atomic E-state index is 3.11. The van der Waals surface area contributed by atoms with E-state index >= 15 is 0 Å². The Morgan fingerprint density at radius 2 is 2.22 bits per heavy atom. The van der Waals surface area contributed by atoms with Gasteiger partial charge in [-0.1, -0.05) is 0 Å². The van der Waals surface area contributed by atoms with Crippen molar-refractivity contribution in [2.45, 2.75) is 25.4 Å². The fraction of sp³-hybridized carbons (Fsp3) is 1.00. The zero-order valence-electron chi connectivity index (χ0n) is 6.12. The third-order valence-corrected chi connectivity index (χ3v) is 1.66. The highest BCUT2D eigenvalue weighted by molar-refractivity contribution is 4.88. The summed E-state index contributed by atoms with van der Waals surface area (Å²) in [6.45, 7) is 3.28. The van der Waals surface area contributed by atoms with Crippen molar-refractivity contribution in [2.24, 2.45) is 0 Å². The van der Waals surface area contributed by atoms with Crippen LogP contribution in [0.5, 0.6) is 0 Å². The molecule has 0 bridgehead atoms. The highest BCUT2D eigenvalue weighted by atomic mass is 15.7. The Labute approximate surface area is 57.7 Å². The van der Waals surface area contributed by atoms with Crippen LogP contribution in [0.1, 0.15) is 21.2 Å². The first-order chi connectivity index (χ1) is 4.27. The summed E-state index contributed by atoms with van der Waals surface area (Å²) in [4.78, 5) is 0. The lowest BCUT2D eigenvalue weighted by atomic mass is 10.1. The highest BCUT2D eigenvalue weighted by Crippen LogP contribution is 2.14. The molecule has 9 heavy (non-hydrogen) atoms. The first-order valence-corrected chi connectivity index (χ1v) is 3.46. The first kappa shape index (κ1) is 6.99. The predicted molar refractivity (Wildman–Crippen MR) is 40.0 cm³/mol. The van der Waals surface area contributed by atoms with Crippen molar-refractivity contribution in [2.75, 3.05) is 13.6 Å². The summed E-state index contributed by atoms with van der Waals surface area (Å²) in [5.41, 5.74) is 6.44. The van der Waals surface area contributed by atoms with E-state index in [2.05, 4.69) is 23.1 Å². The molecule has 3 nitrogen and oxygen atoms in total. The van der Waals surface area contributed by atoms with E-state index < -0.39 is 0 Å². The minimum Gasteiger partial charge on any atom is -0.320 e. The number of hydrogen-bond acceptors (Lipinski definition) is 3. The maximum Gasteiger partial charge on any atom is 0.0916 e. The summed E-state index contributed by atoms with van der Waals surface area (Å²) in [5.74, 6) is 0. The molecule has 0 aromatic heterocycles. The topological polar surface area (TPSA) is 55.9 Å². The molecule has 0 aliphatic carbocycles. The van der Waals surface area contributed by atoms with Gasteiger partial charge in [0.05, 0.1) is 5.66 Å². The van der Waals surface area contributed by atoms with E-state index in [0.717, 1.165) is 6.54 Å². The maximum atomic E-state index is 3.11. The molecule has 56 valence electrons. The van der Waals surface area contributed by atoms with Gasteiger partial charge < -0.3 is 5.32 Å². The molecule has 3 N–H and O–H groups in total. The average molecular weight is 131 g/mol. The van der Waals surface area contributed by atoms with Crippen molar-refractivity contribution in [3.63, 3.8) is 0 Å². The molecule has 1 aliphatic rings. The van der Waals surface area contributed by atoms with Gasteiger partial charge in [-0.15, -0.1) is 0 Å². The third-order valence-electron chi connectivity index (χ3n) is 1.66. The van der Waals surface area contributed by atoms with E-state index in [9.17, 15) is 0 Å². The molecule has 0 aromatic carbocycles. The summed E-state index contributed by atoms with van der Waals surface area (Å²) >= 11 is 0. The minimum absolute atomic E-state index is 0. The van der Waals surface area contributed by atoms with Gasteiger partial charge in [-0.05, 0) is 33.4 Å². The van der Waals surface area contributed by atoms with Gasteiger partial charge in [-0.3, -0.25) is 0 Å². The Morgan fingerprint density at radius 3 is 2.67 bits per heavy atom. The van der Waals surface area contributed by atoms with Crippen LogP contribution in [0, 0.1) is 0 Å². The zero-order chi connectivity index (χ0) is 6.74. The standard InChI is InChI=1S/C6H15N3.H2/c1-6(8-9-6)4-3-5-7-2;/h7-9H,3-5H2,1-2H3;1H. The van der Waals surface area contributed by atoms with Gasteiger partial charge in [0.15, 0.2) is 0 Å². The van der Waals surface area contributed by atoms with Crippen LogP contribution in [0.3, 0.4) is 0 Å². The van der Waals surface area contributed by atoms with Crippen LogP contribution in [-0.4, -0.2) is 19.3 Å². The van der Waals surface area contributed by atoms with Crippen LogP contribution in [0.4, 0.5) is 0 Å². The molecule has 0 unspecified atom stereocenters. The zero-order valence-corrected chi connectivity index (χ0v) is 6.12. The summed E-state index contributed by atoms with van der Waals surface area (Å²) in [7, 11) is 1.98. The van der Waals surface area contributed by atoms with Crippen molar-refractivity contribution >= 4 is 0 Å². The van der Waals surface area contributed by atoms with E-state index in [0.29, 0.717) is 0 Å². The van der Waals surface area contributed by atoms with Crippen molar-refractivity contribution < 1.29 is 1.43 Å². The van der Waals surface area contributed by atoms with Gasteiger partial charge in [0.25, 0.3) is 0 Å². The molecule has 1 saturated heterocycles. The molecule has 0 atom stereocenters. The summed E-state index contributed by atoms with van der Waals surface area (Å²) in [6, 6.07) is 0. The van der Waals surface area contributed by atoms with E-state index in [1.54, 1.807) is 0 Å². The van der Waals surface area contributed by atoms with Crippen molar-refractivity contribution in [1.82, 2.24) is 16.2 Å². The Bertz CT molecular complexity index is 93.0. The molecule has 0 amide bonds. The van der Waals surface area contributed by atoms with Gasteiger partial charge >= 0.3 is 0 Å². The lowest BCUT2D eigenvalue weighted by molar-refractivity contribution is 0.557. The normalized spacial score (nSPS) is 22.0. The predicted octanol–water partition coefficient (Wildman–Crippen LogP) is 0.0560. The van der Waals surface area contributed by atoms with Gasteiger partial charge in [0.2, 0.25) is 0 Å². The van der Waals surface area contributed by atoms with Crippen molar-refractivity contribution in [3.05, 3.63) is 0 Å². The van der Waals surface area contributed by atoms with Crippen LogP contribution in [0.2, 0.25) is 0 Å². The second-order valence-electron chi connectivity index (χ2n) is 2.79. The van der Waals surface area contributed by atoms with E-state index in [1.165, 1.54) is 12.8 Å². The minimum atomic E-state index is 0. The average Bonchev–Trinajstić information content (AvgIpc) is 2.50. The van der Waals surface area contributed by atoms with Crippen LogP contribution < -0.4 is 16.2 Å². The Morgan fingerprint density at radius 1 is 1.56 bits per heavy atom. The molecule has 1 aliphatic heterocycles. The van der Waals surface area contributed by atoms with Gasteiger partial charge in [-0.2, -0.15) is 0 Å². The molecule has 1 rings (SSSR count). The summed E-state index contributed by atoms with van der Waals surface area (Å²) in [5, 5.41) is 3.11. The molecule has 0 aromatic rings. The Hall–Kier alpha value is -0.120. The van der Waals surface area contributed by atoms with Crippen LogP contribution in [0.25, 0.3) is 0 Å². The van der Waals surface area contributed by atoms with Crippen molar-refractivity contribution in [3.8, 4) is 0 Å². The highest BCUT2D eigenvalue weighted by Gasteiger charge is 2.34. The monoisotopic (exact) mass is 131 g/mol. The second kappa shape index (κ2) is 2.64. The fourth-order valence-corrected chi connectivity index (χ4v) is 0.850.